The van der Waals surface area contributed by atoms with Crippen molar-refractivity contribution < 1.29 is 8.78 Å². The molecule has 1 aromatic rings. The molecule has 1 atom stereocenters. The molecule has 0 aromatic carbocycles. The van der Waals surface area contributed by atoms with Gasteiger partial charge in [0.05, 0.1) is 17.9 Å². The van der Waals surface area contributed by atoms with Gasteiger partial charge in [0.1, 0.15) is 5.82 Å². The molecule has 0 amide bonds. The summed E-state index contributed by atoms with van der Waals surface area (Å²) in [6, 6.07) is 2.75. The Morgan fingerprint density at radius 2 is 1.94 bits per heavy atom. The molecule has 0 spiro atoms. The van der Waals surface area contributed by atoms with E-state index in [2.05, 4.69) is 29.0 Å². The Kier molecular flexibility index (Phi) is 5.12. The summed E-state index contributed by atoms with van der Waals surface area (Å²) in [6.45, 7) is 7.31. The second-order valence-electron chi connectivity index (χ2n) is 3.84. The SMILES string of the molecule is CCN(CC)c1ccc(NC(C)C(F)F)cn1. The summed E-state index contributed by atoms with van der Waals surface area (Å²) in [4.78, 5) is 6.35. The minimum atomic E-state index is -2.38. The molecule has 1 aromatic heterocycles. The number of halogens is 2. The third-order valence-electron chi connectivity index (χ3n) is 2.61. The van der Waals surface area contributed by atoms with Crippen molar-refractivity contribution >= 4 is 11.5 Å². The fourth-order valence-corrected chi connectivity index (χ4v) is 1.53. The van der Waals surface area contributed by atoms with E-state index in [4.69, 9.17) is 0 Å². The second-order valence-corrected chi connectivity index (χ2v) is 3.84. The molecule has 17 heavy (non-hydrogen) atoms. The first-order chi connectivity index (χ1) is 8.08. The molecule has 0 saturated heterocycles. The van der Waals surface area contributed by atoms with Crippen molar-refractivity contribution in [2.45, 2.75) is 33.2 Å². The number of rotatable bonds is 6. The zero-order chi connectivity index (χ0) is 12.8. The van der Waals surface area contributed by atoms with Gasteiger partial charge in [-0.25, -0.2) is 13.8 Å². The molecule has 1 heterocycles. The number of nitrogens with one attached hydrogen (secondary N) is 1. The monoisotopic (exact) mass is 243 g/mol. The van der Waals surface area contributed by atoms with E-state index in [0.717, 1.165) is 18.9 Å². The molecular weight excluding hydrogens is 224 g/mol. The lowest BCUT2D eigenvalue weighted by molar-refractivity contribution is 0.130. The van der Waals surface area contributed by atoms with Crippen LogP contribution in [-0.2, 0) is 0 Å². The molecular formula is C12H19F2N3. The maximum atomic E-state index is 12.3. The molecule has 5 heteroatoms. The Morgan fingerprint density at radius 3 is 2.35 bits per heavy atom. The number of pyridine rings is 1. The summed E-state index contributed by atoms with van der Waals surface area (Å²) in [6.07, 6.45) is -0.788. The number of nitrogens with zero attached hydrogens (tertiary/aromatic N) is 2. The molecule has 0 aliphatic rings. The normalized spacial score (nSPS) is 12.6. The highest BCUT2D eigenvalue weighted by Crippen LogP contribution is 2.15. The van der Waals surface area contributed by atoms with E-state index in [-0.39, 0.29) is 0 Å². The highest BCUT2D eigenvalue weighted by atomic mass is 19.3. The predicted molar refractivity (Wildman–Crippen MR) is 66.9 cm³/mol. The smallest absolute Gasteiger partial charge is 0.258 e. The average Bonchev–Trinajstić information content (AvgIpc) is 2.32. The topological polar surface area (TPSA) is 28.2 Å². The van der Waals surface area contributed by atoms with Gasteiger partial charge in [0, 0.05) is 13.1 Å². The largest absolute Gasteiger partial charge is 0.376 e. The summed E-state index contributed by atoms with van der Waals surface area (Å²) >= 11 is 0. The van der Waals surface area contributed by atoms with Crippen molar-refractivity contribution in [2.24, 2.45) is 0 Å². The lowest BCUT2D eigenvalue weighted by atomic mass is 10.3. The molecule has 0 aliphatic carbocycles. The summed E-state index contributed by atoms with van der Waals surface area (Å²) in [5.74, 6) is 0.866. The third-order valence-corrected chi connectivity index (χ3v) is 2.61. The van der Waals surface area contributed by atoms with E-state index in [0.29, 0.717) is 5.69 Å². The maximum Gasteiger partial charge on any atom is 0.258 e. The number of aromatic nitrogens is 1. The van der Waals surface area contributed by atoms with Crippen LogP contribution in [0.5, 0.6) is 0 Å². The van der Waals surface area contributed by atoms with Gasteiger partial charge in [0.15, 0.2) is 0 Å². The van der Waals surface area contributed by atoms with E-state index in [1.807, 2.05) is 6.07 Å². The van der Waals surface area contributed by atoms with E-state index in [1.165, 1.54) is 6.92 Å². The molecule has 1 N–H and O–H groups in total. The van der Waals surface area contributed by atoms with Crippen LogP contribution in [0.3, 0.4) is 0 Å². The van der Waals surface area contributed by atoms with Crippen LogP contribution in [0.25, 0.3) is 0 Å². The van der Waals surface area contributed by atoms with Gasteiger partial charge < -0.3 is 10.2 Å². The first-order valence-corrected chi connectivity index (χ1v) is 5.84. The number of anilines is 2. The van der Waals surface area contributed by atoms with E-state index >= 15 is 0 Å². The minimum absolute atomic E-state index is 0.619. The molecule has 0 radical (unpaired) electrons. The highest BCUT2D eigenvalue weighted by molar-refractivity contribution is 5.49. The Morgan fingerprint density at radius 1 is 1.29 bits per heavy atom. The Bertz CT molecular complexity index is 323. The molecule has 96 valence electrons. The van der Waals surface area contributed by atoms with Crippen LogP contribution in [0, 0.1) is 0 Å². The third kappa shape index (κ3) is 3.84. The highest BCUT2D eigenvalue weighted by Gasteiger charge is 2.14. The van der Waals surface area contributed by atoms with Crippen LogP contribution in [0.1, 0.15) is 20.8 Å². The van der Waals surface area contributed by atoms with Crippen LogP contribution in [-0.4, -0.2) is 30.5 Å². The minimum Gasteiger partial charge on any atom is -0.376 e. The quantitative estimate of drug-likeness (QED) is 0.832. The molecule has 1 rings (SSSR count). The fraction of sp³-hybridized carbons (Fsp3) is 0.583. The molecule has 0 bridgehead atoms. The zero-order valence-electron chi connectivity index (χ0n) is 10.5. The van der Waals surface area contributed by atoms with Gasteiger partial charge in [-0.05, 0) is 32.9 Å². The maximum absolute atomic E-state index is 12.3. The predicted octanol–water partition coefficient (Wildman–Crippen LogP) is 2.99. The average molecular weight is 243 g/mol. The lowest BCUT2D eigenvalue weighted by Crippen LogP contribution is -2.25. The first-order valence-electron chi connectivity index (χ1n) is 5.84. The molecule has 0 saturated carbocycles. The summed E-state index contributed by atoms with van der Waals surface area (Å²) in [7, 11) is 0. The Labute approximate surface area is 101 Å². The van der Waals surface area contributed by atoms with Gasteiger partial charge in [-0.1, -0.05) is 0 Å². The van der Waals surface area contributed by atoms with Gasteiger partial charge in [-0.2, -0.15) is 0 Å². The van der Waals surface area contributed by atoms with Crippen molar-refractivity contribution in [2.75, 3.05) is 23.3 Å². The van der Waals surface area contributed by atoms with Gasteiger partial charge in [0.25, 0.3) is 6.43 Å². The van der Waals surface area contributed by atoms with Crippen LogP contribution in [0.2, 0.25) is 0 Å². The van der Waals surface area contributed by atoms with Gasteiger partial charge >= 0.3 is 0 Å². The van der Waals surface area contributed by atoms with Crippen LogP contribution < -0.4 is 10.2 Å². The van der Waals surface area contributed by atoms with Crippen molar-refractivity contribution in [1.29, 1.82) is 0 Å². The number of alkyl halides is 2. The van der Waals surface area contributed by atoms with Crippen molar-refractivity contribution in [3.63, 3.8) is 0 Å². The molecule has 0 fully saturated rings. The van der Waals surface area contributed by atoms with Crippen LogP contribution in [0.15, 0.2) is 18.3 Å². The van der Waals surface area contributed by atoms with Gasteiger partial charge in [-0.3, -0.25) is 0 Å². The Hall–Kier alpha value is -1.39. The van der Waals surface area contributed by atoms with Crippen molar-refractivity contribution in [1.82, 2.24) is 4.98 Å². The van der Waals surface area contributed by atoms with Crippen molar-refractivity contribution in [3.8, 4) is 0 Å². The molecule has 3 nitrogen and oxygen atoms in total. The summed E-state index contributed by atoms with van der Waals surface area (Å²) < 4.78 is 24.7. The molecule has 0 aliphatic heterocycles. The van der Waals surface area contributed by atoms with Crippen LogP contribution in [0.4, 0.5) is 20.3 Å². The fourth-order valence-electron chi connectivity index (χ4n) is 1.53. The number of hydrogen-bond acceptors (Lipinski definition) is 3. The zero-order valence-corrected chi connectivity index (χ0v) is 10.5. The first kappa shape index (κ1) is 13.7. The van der Waals surface area contributed by atoms with Crippen LogP contribution >= 0.6 is 0 Å². The Balaban J connectivity index is 2.67. The van der Waals surface area contributed by atoms with E-state index in [9.17, 15) is 8.78 Å². The number of hydrogen-bond donors (Lipinski definition) is 1. The standard InChI is InChI=1S/C12H19F2N3/c1-4-17(5-2)11-7-6-10(8-15-11)16-9(3)12(13)14/h6-9,12,16H,4-5H2,1-3H3. The van der Waals surface area contributed by atoms with E-state index < -0.39 is 12.5 Å². The van der Waals surface area contributed by atoms with Gasteiger partial charge in [-0.15, -0.1) is 0 Å². The summed E-state index contributed by atoms with van der Waals surface area (Å²) in [5, 5.41) is 2.71. The summed E-state index contributed by atoms with van der Waals surface area (Å²) in [5.41, 5.74) is 0.619. The second kappa shape index (κ2) is 6.37. The molecule has 1 unspecified atom stereocenters. The van der Waals surface area contributed by atoms with Crippen molar-refractivity contribution in [3.05, 3.63) is 18.3 Å². The lowest BCUT2D eigenvalue weighted by Gasteiger charge is -2.20. The van der Waals surface area contributed by atoms with E-state index in [1.54, 1.807) is 12.3 Å². The van der Waals surface area contributed by atoms with Gasteiger partial charge in [0.2, 0.25) is 0 Å².